The van der Waals surface area contributed by atoms with Gasteiger partial charge in [0.15, 0.2) is 0 Å². The van der Waals surface area contributed by atoms with Gasteiger partial charge < -0.3 is 0 Å². The summed E-state index contributed by atoms with van der Waals surface area (Å²) >= 11 is 0.0336. The van der Waals surface area contributed by atoms with Gasteiger partial charge in [-0.15, -0.1) is 0 Å². The van der Waals surface area contributed by atoms with Crippen LogP contribution in [-0.2, 0) is 0 Å². The molecule has 10 heteroatoms. The molecule has 0 saturated heterocycles. The molecule has 0 aromatic heterocycles. The summed E-state index contributed by atoms with van der Waals surface area (Å²) in [5.74, 6) is -24.5. The molecule has 0 bridgehead atoms. The molecule has 18 heavy (non-hydrogen) atoms. The summed E-state index contributed by atoms with van der Waals surface area (Å²) in [6.07, 6.45) is 0. The van der Waals surface area contributed by atoms with E-state index in [0.717, 1.165) is 0 Å². The van der Waals surface area contributed by atoms with Gasteiger partial charge in [-0.25, -0.2) is 4.39 Å². The fraction of sp³-hybridized carbons (Fsp3) is 1.00. The summed E-state index contributed by atoms with van der Waals surface area (Å²) in [4.78, 5) is 0. The fourth-order valence-corrected chi connectivity index (χ4v) is 2.25. The van der Waals surface area contributed by atoms with E-state index in [0.29, 0.717) is 0 Å². The highest BCUT2D eigenvalue weighted by atomic mass is 127. The molecular formula is C8H6F9I. The Balaban J connectivity index is 3.72. The van der Waals surface area contributed by atoms with E-state index in [1.807, 2.05) is 0 Å². The van der Waals surface area contributed by atoms with E-state index in [1.54, 1.807) is 0 Å². The van der Waals surface area contributed by atoms with Crippen molar-refractivity contribution in [3.63, 3.8) is 0 Å². The normalized spacial score (nSPS) is 39.3. The van der Waals surface area contributed by atoms with Crippen LogP contribution in [0.5, 0.6) is 0 Å². The predicted molar refractivity (Wildman–Crippen MR) is 51.4 cm³/mol. The molecule has 0 heterocycles. The van der Waals surface area contributed by atoms with E-state index >= 15 is 0 Å². The second-order valence-corrected chi connectivity index (χ2v) is 5.98. The minimum absolute atomic E-state index is 0.0336. The van der Waals surface area contributed by atoms with E-state index < -0.39 is 32.8 Å². The van der Waals surface area contributed by atoms with Crippen LogP contribution in [0.2, 0.25) is 0 Å². The summed E-state index contributed by atoms with van der Waals surface area (Å²) in [7, 11) is 0. The van der Waals surface area contributed by atoms with E-state index in [-0.39, 0.29) is 36.4 Å². The van der Waals surface area contributed by atoms with Crippen LogP contribution in [0.15, 0.2) is 0 Å². The van der Waals surface area contributed by atoms with Crippen molar-refractivity contribution in [1.82, 2.24) is 0 Å². The topological polar surface area (TPSA) is 0 Å². The third kappa shape index (κ3) is 1.25. The van der Waals surface area contributed by atoms with E-state index in [4.69, 9.17) is 0 Å². The summed E-state index contributed by atoms with van der Waals surface area (Å²) in [6, 6.07) is 0. The smallest absolute Gasteiger partial charge is 0.225 e. The molecule has 1 aliphatic carbocycles. The van der Waals surface area contributed by atoms with Gasteiger partial charge >= 0.3 is 23.7 Å². The number of hydrogen-bond donors (Lipinski definition) is 0. The molecule has 0 amide bonds. The number of alkyl halides is 10. The molecule has 0 N–H and O–H groups in total. The Morgan fingerprint density at radius 3 is 1.17 bits per heavy atom. The zero-order valence-electron chi connectivity index (χ0n) is 8.78. The minimum atomic E-state index is -6.51. The van der Waals surface area contributed by atoms with Gasteiger partial charge in [0.05, 0.1) is 5.41 Å². The Hall–Kier alpha value is 0.1000. The molecule has 1 rings (SSSR count). The third-order valence-corrected chi connectivity index (χ3v) is 5.17. The van der Waals surface area contributed by atoms with Crippen LogP contribution in [0, 0.1) is 5.41 Å². The van der Waals surface area contributed by atoms with Crippen molar-refractivity contribution >= 4 is 22.6 Å². The zero-order chi connectivity index (χ0) is 15.0. The molecule has 0 aromatic rings. The molecular weight excluding hydrogens is 394 g/mol. The van der Waals surface area contributed by atoms with Crippen LogP contribution in [0.3, 0.4) is 0 Å². The monoisotopic (exact) mass is 400 g/mol. The molecule has 1 fully saturated rings. The van der Waals surface area contributed by atoms with Gasteiger partial charge in [-0.05, 0) is 36.4 Å². The molecule has 1 atom stereocenters. The van der Waals surface area contributed by atoms with Crippen molar-refractivity contribution in [3.05, 3.63) is 0 Å². The highest BCUT2D eigenvalue weighted by molar-refractivity contribution is 14.1. The Morgan fingerprint density at radius 1 is 0.556 bits per heavy atom. The first kappa shape index (κ1) is 16.2. The SMILES string of the molecule is CC1(C)C(F)(F)C(F)(F)C(F)(F)C(F)(F)C1(F)I. The number of hydrogen-bond acceptors (Lipinski definition) is 0. The van der Waals surface area contributed by atoms with Crippen LogP contribution >= 0.6 is 22.6 Å². The van der Waals surface area contributed by atoms with Crippen LogP contribution in [0.25, 0.3) is 0 Å². The lowest BCUT2D eigenvalue weighted by molar-refractivity contribution is -0.442. The highest BCUT2D eigenvalue weighted by Crippen LogP contribution is 2.72. The van der Waals surface area contributed by atoms with Crippen molar-refractivity contribution in [2.75, 3.05) is 0 Å². The van der Waals surface area contributed by atoms with Gasteiger partial charge in [0.1, 0.15) is 0 Å². The van der Waals surface area contributed by atoms with E-state index in [1.165, 1.54) is 0 Å². The Kier molecular flexibility index (Phi) is 3.05. The van der Waals surface area contributed by atoms with Crippen molar-refractivity contribution < 1.29 is 39.5 Å². The maximum absolute atomic E-state index is 13.7. The maximum atomic E-state index is 13.7. The average molecular weight is 400 g/mol. The van der Waals surface area contributed by atoms with Crippen molar-refractivity contribution in [3.8, 4) is 0 Å². The maximum Gasteiger partial charge on any atom is 0.382 e. The first-order valence-electron chi connectivity index (χ1n) is 4.39. The third-order valence-electron chi connectivity index (χ3n) is 3.15. The van der Waals surface area contributed by atoms with Crippen LogP contribution in [-0.4, -0.2) is 27.4 Å². The first-order valence-corrected chi connectivity index (χ1v) is 5.47. The van der Waals surface area contributed by atoms with Gasteiger partial charge in [0.2, 0.25) is 3.68 Å². The van der Waals surface area contributed by atoms with Crippen LogP contribution in [0.4, 0.5) is 39.5 Å². The molecule has 0 radical (unpaired) electrons. The highest BCUT2D eigenvalue weighted by Gasteiger charge is 2.96. The standard InChI is InChI=1S/C8H6F9I/c1-3(2)4(9,10)5(11,12)6(13,14)7(15,16)8(3,17)18/h1-2H3. The Morgan fingerprint density at radius 2 is 0.833 bits per heavy atom. The lowest BCUT2D eigenvalue weighted by Crippen LogP contribution is -2.80. The molecule has 1 aliphatic rings. The molecule has 1 unspecified atom stereocenters. The van der Waals surface area contributed by atoms with Gasteiger partial charge in [-0.2, -0.15) is 35.1 Å². The van der Waals surface area contributed by atoms with Crippen molar-refractivity contribution in [2.45, 2.75) is 41.2 Å². The van der Waals surface area contributed by atoms with E-state index in [9.17, 15) is 39.5 Å². The minimum Gasteiger partial charge on any atom is -0.225 e. The van der Waals surface area contributed by atoms with Crippen molar-refractivity contribution in [1.29, 1.82) is 0 Å². The molecule has 0 aromatic carbocycles. The molecule has 0 aliphatic heterocycles. The summed E-state index contributed by atoms with van der Waals surface area (Å²) in [5, 5.41) is 0. The van der Waals surface area contributed by atoms with Gasteiger partial charge in [0.25, 0.3) is 0 Å². The Bertz CT molecular complexity index is 254. The van der Waals surface area contributed by atoms with Crippen LogP contribution in [0.1, 0.15) is 13.8 Å². The molecule has 108 valence electrons. The average Bonchev–Trinajstić information content (AvgIpc) is 2.14. The summed E-state index contributed by atoms with van der Waals surface area (Å²) in [5.41, 5.74) is -3.70. The number of halogens is 10. The Labute approximate surface area is 109 Å². The van der Waals surface area contributed by atoms with E-state index in [2.05, 4.69) is 0 Å². The first-order chi connectivity index (χ1) is 7.50. The zero-order valence-corrected chi connectivity index (χ0v) is 10.9. The van der Waals surface area contributed by atoms with Gasteiger partial charge in [-0.1, -0.05) is 0 Å². The predicted octanol–water partition coefficient (Wildman–Crippen LogP) is 4.67. The number of rotatable bonds is 0. The quantitative estimate of drug-likeness (QED) is 0.315. The lowest BCUT2D eigenvalue weighted by Gasteiger charge is -2.55. The fourth-order valence-electron chi connectivity index (χ4n) is 1.57. The van der Waals surface area contributed by atoms with Crippen LogP contribution < -0.4 is 0 Å². The molecule has 0 spiro atoms. The largest absolute Gasteiger partial charge is 0.382 e. The second-order valence-electron chi connectivity index (χ2n) is 4.50. The molecule has 1 saturated carbocycles. The van der Waals surface area contributed by atoms with Gasteiger partial charge in [-0.3, -0.25) is 0 Å². The van der Waals surface area contributed by atoms with Gasteiger partial charge in [0, 0.05) is 0 Å². The summed E-state index contributed by atoms with van der Waals surface area (Å²) in [6.45, 7) is 0.104. The lowest BCUT2D eigenvalue weighted by atomic mass is 9.67. The second kappa shape index (κ2) is 3.40. The van der Waals surface area contributed by atoms with Crippen molar-refractivity contribution in [2.24, 2.45) is 5.41 Å². The summed E-state index contributed by atoms with van der Waals surface area (Å²) < 4.78 is 114. The molecule has 0 nitrogen and oxygen atoms in total.